The highest BCUT2D eigenvalue weighted by Crippen LogP contribution is 2.29. The van der Waals surface area contributed by atoms with E-state index in [0.29, 0.717) is 19.4 Å². The lowest BCUT2D eigenvalue weighted by Crippen LogP contribution is -2.52. The number of rotatable bonds is 5. The van der Waals surface area contributed by atoms with Crippen molar-refractivity contribution in [3.05, 3.63) is 42.5 Å². The van der Waals surface area contributed by atoms with Gasteiger partial charge in [0.2, 0.25) is 15.9 Å². The Bertz CT molecular complexity index is 929. The van der Waals surface area contributed by atoms with Crippen LogP contribution in [0.15, 0.2) is 47.4 Å². The molecule has 0 bridgehead atoms. The predicted octanol–water partition coefficient (Wildman–Crippen LogP) is 3.64. The van der Waals surface area contributed by atoms with Crippen LogP contribution < -0.4 is 0 Å². The molecule has 1 saturated heterocycles. The van der Waals surface area contributed by atoms with Gasteiger partial charge in [0, 0.05) is 18.6 Å². The molecule has 1 amide bonds. The quantitative estimate of drug-likeness (QED) is 0.786. The van der Waals surface area contributed by atoms with Crippen molar-refractivity contribution < 1.29 is 13.2 Å². The van der Waals surface area contributed by atoms with Crippen LogP contribution in [0, 0.1) is 0 Å². The summed E-state index contributed by atoms with van der Waals surface area (Å²) in [6.45, 7) is 8.25. The molecule has 0 aromatic heterocycles. The third kappa shape index (κ3) is 3.73. The molecular weight excluding hydrogens is 360 g/mol. The van der Waals surface area contributed by atoms with Gasteiger partial charge in [-0.15, -0.1) is 0 Å². The Morgan fingerprint density at radius 3 is 2.30 bits per heavy atom. The average molecular weight is 389 g/mol. The maximum Gasteiger partial charge on any atom is 0.243 e. The van der Waals surface area contributed by atoms with Crippen molar-refractivity contribution in [1.29, 1.82) is 0 Å². The third-order valence-corrected chi connectivity index (χ3v) is 7.09. The van der Waals surface area contributed by atoms with Gasteiger partial charge >= 0.3 is 0 Å². The predicted molar refractivity (Wildman–Crippen MR) is 108 cm³/mol. The zero-order chi connectivity index (χ0) is 19.8. The van der Waals surface area contributed by atoms with Crippen LogP contribution in [0.5, 0.6) is 0 Å². The van der Waals surface area contributed by atoms with Crippen molar-refractivity contribution in [1.82, 2.24) is 9.21 Å². The second-order valence-electron chi connectivity index (χ2n) is 7.72. The lowest BCUT2D eigenvalue weighted by molar-refractivity contribution is -0.138. The number of benzene rings is 2. The fraction of sp³-hybridized carbons (Fsp3) is 0.476. The molecule has 27 heavy (non-hydrogen) atoms. The van der Waals surface area contributed by atoms with Crippen molar-refractivity contribution in [2.45, 2.75) is 63.6 Å². The van der Waals surface area contributed by atoms with Crippen LogP contribution >= 0.6 is 0 Å². The number of sulfonamides is 1. The average Bonchev–Trinajstić information content (AvgIpc) is 3.11. The van der Waals surface area contributed by atoms with Gasteiger partial charge in [0.25, 0.3) is 0 Å². The molecule has 5 nitrogen and oxygen atoms in total. The Labute approximate surface area is 162 Å². The highest BCUT2D eigenvalue weighted by Gasteiger charge is 2.42. The summed E-state index contributed by atoms with van der Waals surface area (Å²) < 4.78 is 28.0. The molecule has 2 aromatic carbocycles. The van der Waals surface area contributed by atoms with Crippen LogP contribution in [-0.4, -0.2) is 48.2 Å². The summed E-state index contributed by atoms with van der Waals surface area (Å²) in [6.07, 6.45) is 1.27. The molecule has 1 atom stereocenters. The van der Waals surface area contributed by atoms with E-state index in [-0.39, 0.29) is 22.9 Å². The minimum absolute atomic E-state index is 0.0309. The van der Waals surface area contributed by atoms with Crippen LogP contribution in [0.1, 0.15) is 40.5 Å². The highest BCUT2D eigenvalue weighted by atomic mass is 32.2. The zero-order valence-corrected chi connectivity index (χ0v) is 17.2. The fourth-order valence-corrected chi connectivity index (χ4v) is 5.70. The summed E-state index contributed by atoms with van der Waals surface area (Å²) in [5.41, 5.74) is 0. The van der Waals surface area contributed by atoms with Gasteiger partial charge in [0.05, 0.1) is 4.90 Å². The molecule has 146 valence electrons. The van der Waals surface area contributed by atoms with E-state index in [0.717, 1.165) is 10.8 Å². The summed E-state index contributed by atoms with van der Waals surface area (Å²) in [5, 5.41) is 1.88. The molecule has 1 heterocycles. The Kier molecular flexibility index (Phi) is 5.58. The topological polar surface area (TPSA) is 57.7 Å². The number of nitrogens with zero attached hydrogens (tertiary/aromatic N) is 2. The standard InChI is InChI=1S/C21H28N2O3S/c1-15(2)23(16(3)4)21(24)20-10-7-13-22(20)27(25,26)19-12-11-17-8-5-6-9-18(17)14-19/h5-6,8-9,11-12,14-16,20H,7,10,13H2,1-4H3/t20-/m1/s1. The molecular formula is C21H28N2O3S. The lowest BCUT2D eigenvalue weighted by atomic mass is 10.1. The normalized spacial score (nSPS) is 18.5. The fourth-order valence-electron chi connectivity index (χ4n) is 4.02. The second kappa shape index (κ2) is 7.60. The maximum absolute atomic E-state index is 13.3. The smallest absolute Gasteiger partial charge is 0.243 e. The summed E-state index contributed by atoms with van der Waals surface area (Å²) in [6, 6.07) is 12.3. The van der Waals surface area contributed by atoms with Gasteiger partial charge < -0.3 is 4.90 Å². The number of amides is 1. The molecule has 0 radical (unpaired) electrons. The monoisotopic (exact) mass is 388 g/mol. The number of fused-ring (bicyclic) bond motifs is 1. The minimum Gasteiger partial charge on any atom is -0.336 e. The summed E-state index contributed by atoms with van der Waals surface area (Å²) in [4.78, 5) is 15.2. The van der Waals surface area contributed by atoms with Gasteiger partial charge in [-0.1, -0.05) is 30.3 Å². The number of carbonyl (C=O) groups is 1. The van der Waals surface area contributed by atoms with Crippen molar-refractivity contribution in [2.24, 2.45) is 0 Å². The first-order chi connectivity index (χ1) is 12.7. The largest absolute Gasteiger partial charge is 0.336 e. The van der Waals surface area contributed by atoms with Crippen molar-refractivity contribution in [3.8, 4) is 0 Å². The highest BCUT2D eigenvalue weighted by molar-refractivity contribution is 7.89. The molecule has 0 aliphatic carbocycles. The molecule has 2 aromatic rings. The van der Waals surface area contributed by atoms with Gasteiger partial charge in [0.15, 0.2) is 0 Å². The Morgan fingerprint density at radius 1 is 1.04 bits per heavy atom. The van der Waals surface area contributed by atoms with Crippen LogP contribution in [0.2, 0.25) is 0 Å². The van der Waals surface area contributed by atoms with Crippen molar-refractivity contribution >= 4 is 26.7 Å². The first-order valence-corrected chi connectivity index (χ1v) is 11.0. The van der Waals surface area contributed by atoms with Gasteiger partial charge in [-0.2, -0.15) is 4.31 Å². The maximum atomic E-state index is 13.3. The van der Waals surface area contributed by atoms with Crippen molar-refractivity contribution in [2.75, 3.05) is 6.54 Å². The molecule has 0 saturated carbocycles. The summed E-state index contributed by atoms with van der Waals surface area (Å²) in [7, 11) is -3.72. The molecule has 0 spiro atoms. The number of hydrogen-bond acceptors (Lipinski definition) is 3. The van der Waals surface area contributed by atoms with E-state index in [2.05, 4.69) is 0 Å². The third-order valence-electron chi connectivity index (χ3n) is 5.18. The molecule has 0 N–H and O–H groups in total. The van der Waals surface area contributed by atoms with Crippen LogP contribution in [0.4, 0.5) is 0 Å². The molecule has 1 fully saturated rings. The van der Waals surface area contributed by atoms with Crippen LogP contribution in [0.25, 0.3) is 10.8 Å². The summed E-state index contributed by atoms with van der Waals surface area (Å²) in [5.74, 6) is -0.0955. The van der Waals surface area contributed by atoms with E-state index >= 15 is 0 Å². The molecule has 6 heteroatoms. The Balaban J connectivity index is 1.95. The van der Waals surface area contributed by atoms with Gasteiger partial charge in [-0.05, 0) is 63.4 Å². The van der Waals surface area contributed by atoms with E-state index in [1.807, 2.05) is 58.0 Å². The molecule has 1 aliphatic heterocycles. The lowest BCUT2D eigenvalue weighted by Gasteiger charge is -2.35. The van der Waals surface area contributed by atoms with E-state index in [9.17, 15) is 13.2 Å². The van der Waals surface area contributed by atoms with E-state index in [1.165, 1.54) is 4.31 Å². The van der Waals surface area contributed by atoms with Gasteiger partial charge in [-0.25, -0.2) is 8.42 Å². The number of carbonyl (C=O) groups excluding carboxylic acids is 1. The molecule has 0 unspecified atom stereocenters. The SMILES string of the molecule is CC(C)N(C(=O)[C@H]1CCCN1S(=O)(=O)c1ccc2ccccc2c1)C(C)C. The van der Waals surface area contributed by atoms with E-state index < -0.39 is 16.1 Å². The summed E-state index contributed by atoms with van der Waals surface area (Å²) >= 11 is 0. The zero-order valence-electron chi connectivity index (χ0n) is 16.4. The van der Waals surface area contributed by atoms with E-state index in [4.69, 9.17) is 0 Å². The van der Waals surface area contributed by atoms with Crippen LogP contribution in [0.3, 0.4) is 0 Å². The van der Waals surface area contributed by atoms with Crippen molar-refractivity contribution in [3.63, 3.8) is 0 Å². The van der Waals surface area contributed by atoms with Gasteiger partial charge in [-0.3, -0.25) is 4.79 Å². The second-order valence-corrected chi connectivity index (χ2v) is 9.61. The van der Waals surface area contributed by atoms with Crippen LogP contribution in [-0.2, 0) is 14.8 Å². The number of hydrogen-bond donors (Lipinski definition) is 0. The minimum atomic E-state index is -3.72. The molecule has 1 aliphatic rings. The van der Waals surface area contributed by atoms with E-state index in [1.54, 1.807) is 17.0 Å². The Morgan fingerprint density at radius 2 is 1.67 bits per heavy atom. The molecule has 3 rings (SSSR count). The first-order valence-electron chi connectivity index (χ1n) is 9.56. The van der Waals surface area contributed by atoms with Gasteiger partial charge in [0.1, 0.15) is 6.04 Å². The first kappa shape index (κ1) is 19.8. The Hall–Kier alpha value is -1.92.